The van der Waals surface area contributed by atoms with Gasteiger partial charge in [0.25, 0.3) is 0 Å². The maximum Gasteiger partial charge on any atom is 0.393 e. The van der Waals surface area contributed by atoms with E-state index in [9.17, 15) is 0 Å². The van der Waals surface area contributed by atoms with Gasteiger partial charge >= 0.3 is 6.08 Å². The van der Waals surface area contributed by atoms with E-state index in [0.29, 0.717) is 18.7 Å². The summed E-state index contributed by atoms with van der Waals surface area (Å²) in [6.07, 6.45) is 6.88. The molecule has 1 aromatic rings. The Bertz CT molecular complexity index is 332. The van der Waals surface area contributed by atoms with Crippen LogP contribution in [-0.2, 0) is 6.54 Å². The second-order valence-corrected chi connectivity index (χ2v) is 5.14. The lowest BCUT2D eigenvalue weighted by molar-refractivity contribution is 0.221. The van der Waals surface area contributed by atoms with Gasteiger partial charge in [0.2, 0.25) is 0 Å². The van der Waals surface area contributed by atoms with Gasteiger partial charge < -0.3 is 14.5 Å². The first-order chi connectivity index (χ1) is 8.24. The largest absolute Gasteiger partial charge is 0.450 e. The summed E-state index contributed by atoms with van der Waals surface area (Å²) in [5.74, 6) is 0.724. The van der Waals surface area contributed by atoms with E-state index in [2.05, 4.69) is 24.1 Å². The van der Waals surface area contributed by atoms with Crippen molar-refractivity contribution in [2.75, 3.05) is 6.61 Å². The summed E-state index contributed by atoms with van der Waals surface area (Å²) in [7, 11) is 0. The minimum absolute atomic E-state index is 0.404. The Hall–Kier alpha value is -1.03. The fourth-order valence-corrected chi connectivity index (χ4v) is 1.62. The van der Waals surface area contributed by atoms with E-state index in [1.54, 1.807) is 6.26 Å². The van der Waals surface area contributed by atoms with Crippen molar-refractivity contribution in [1.29, 1.82) is 0 Å². The van der Waals surface area contributed by atoms with Crippen LogP contribution < -0.4 is 10.1 Å². The van der Waals surface area contributed by atoms with Crippen LogP contribution in [-0.4, -0.2) is 17.6 Å². The molecule has 0 aliphatic heterocycles. The van der Waals surface area contributed by atoms with Crippen LogP contribution in [0.4, 0.5) is 0 Å². The molecule has 0 spiro atoms. The third-order valence-corrected chi connectivity index (χ3v) is 2.83. The topological polar surface area (TPSA) is 47.3 Å². The molecule has 1 heterocycles. The fourth-order valence-electron chi connectivity index (χ4n) is 1.62. The molecule has 96 valence electrons. The number of hydrogen-bond donors (Lipinski definition) is 1. The quantitative estimate of drug-likeness (QED) is 0.707. The van der Waals surface area contributed by atoms with Crippen molar-refractivity contribution in [3.05, 3.63) is 12.0 Å². The molecule has 1 aliphatic carbocycles. The van der Waals surface area contributed by atoms with Crippen molar-refractivity contribution < 1.29 is 9.15 Å². The Labute approximate surface area is 103 Å². The zero-order valence-corrected chi connectivity index (χ0v) is 10.7. The Morgan fingerprint density at radius 1 is 1.53 bits per heavy atom. The van der Waals surface area contributed by atoms with Crippen LogP contribution in [0.25, 0.3) is 0 Å². The Balaban J connectivity index is 1.62. The van der Waals surface area contributed by atoms with E-state index in [0.717, 1.165) is 24.6 Å². The van der Waals surface area contributed by atoms with Crippen molar-refractivity contribution in [2.24, 2.45) is 5.92 Å². The highest BCUT2D eigenvalue weighted by molar-refractivity contribution is 5.00. The van der Waals surface area contributed by atoms with Crippen LogP contribution in [0.3, 0.4) is 0 Å². The van der Waals surface area contributed by atoms with Crippen LogP contribution in [0.2, 0.25) is 0 Å². The lowest BCUT2D eigenvalue weighted by Crippen LogP contribution is -2.15. The first-order valence-corrected chi connectivity index (χ1v) is 6.54. The lowest BCUT2D eigenvalue weighted by Gasteiger charge is -2.03. The molecule has 1 aliphatic rings. The molecule has 4 heteroatoms. The standard InChI is InChI=1S/C13H22N2O2/c1-10(2)4-3-7-16-13-15-12(9-17-13)8-14-11-5-6-11/h9-11,14H,3-8H2,1-2H3. The zero-order chi connectivity index (χ0) is 12.1. The molecule has 0 atom stereocenters. The van der Waals surface area contributed by atoms with Crippen LogP contribution in [0.15, 0.2) is 10.7 Å². The fraction of sp³-hybridized carbons (Fsp3) is 0.769. The predicted molar refractivity (Wildman–Crippen MR) is 65.9 cm³/mol. The van der Waals surface area contributed by atoms with Crippen LogP contribution in [0.1, 0.15) is 45.2 Å². The van der Waals surface area contributed by atoms with E-state index in [1.165, 1.54) is 19.3 Å². The highest BCUT2D eigenvalue weighted by atomic mass is 16.6. The SMILES string of the molecule is CC(C)CCCOc1nc(CNC2CC2)co1. The van der Waals surface area contributed by atoms with Gasteiger partial charge in [0, 0.05) is 12.6 Å². The second kappa shape index (κ2) is 6.05. The Morgan fingerprint density at radius 3 is 3.06 bits per heavy atom. The van der Waals surface area contributed by atoms with Crippen molar-refractivity contribution >= 4 is 0 Å². The van der Waals surface area contributed by atoms with Gasteiger partial charge in [-0.2, -0.15) is 4.98 Å². The van der Waals surface area contributed by atoms with Crippen molar-refractivity contribution in [3.63, 3.8) is 0 Å². The molecule has 0 amide bonds. The predicted octanol–water partition coefficient (Wildman–Crippen LogP) is 2.74. The van der Waals surface area contributed by atoms with E-state index in [-0.39, 0.29) is 0 Å². The maximum absolute atomic E-state index is 5.45. The smallest absolute Gasteiger partial charge is 0.393 e. The molecule has 1 saturated carbocycles. The molecule has 0 saturated heterocycles. The van der Waals surface area contributed by atoms with Gasteiger partial charge in [-0.15, -0.1) is 0 Å². The number of aromatic nitrogens is 1. The third kappa shape index (κ3) is 4.77. The monoisotopic (exact) mass is 238 g/mol. The molecule has 2 rings (SSSR count). The molecular weight excluding hydrogens is 216 g/mol. The summed E-state index contributed by atoms with van der Waals surface area (Å²) in [6.45, 7) is 5.90. The average molecular weight is 238 g/mol. The van der Waals surface area contributed by atoms with Gasteiger partial charge in [0.05, 0.1) is 12.3 Å². The van der Waals surface area contributed by atoms with Gasteiger partial charge in [0.15, 0.2) is 0 Å². The van der Waals surface area contributed by atoms with Crippen LogP contribution >= 0.6 is 0 Å². The third-order valence-electron chi connectivity index (χ3n) is 2.83. The molecule has 4 nitrogen and oxygen atoms in total. The van der Waals surface area contributed by atoms with Gasteiger partial charge in [-0.1, -0.05) is 13.8 Å². The van der Waals surface area contributed by atoms with Crippen molar-refractivity contribution in [1.82, 2.24) is 10.3 Å². The summed E-state index contributed by atoms with van der Waals surface area (Å²) in [4.78, 5) is 4.28. The second-order valence-electron chi connectivity index (χ2n) is 5.14. The summed E-state index contributed by atoms with van der Waals surface area (Å²) >= 11 is 0. The first kappa shape index (κ1) is 12.4. The van der Waals surface area contributed by atoms with E-state index < -0.39 is 0 Å². The van der Waals surface area contributed by atoms with Crippen LogP contribution in [0, 0.1) is 5.92 Å². The first-order valence-electron chi connectivity index (χ1n) is 6.54. The zero-order valence-electron chi connectivity index (χ0n) is 10.7. The minimum Gasteiger partial charge on any atom is -0.450 e. The van der Waals surface area contributed by atoms with Gasteiger partial charge in [-0.05, 0) is 31.6 Å². The highest BCUT2D eigenvalue weighted by Gasteiger charge is 2.20. The normalized spacial score (nSPS) is 15.5. The minimum atomic E-state index is 0.404. The molecule has 0 unspecified atom stereocenters. The number of nitrogens with zero attached hydrogens (tertiary/aromatic N) is 1. The lowest BCUT2D eigenvalue weighted by atomic mass is 10.1. The summed E-state index contributed by atoms with van der Waals surface area (Å²) in [6, 6.07) is 0.696. The molecule has 1 aromatic heterocycles. The number of ether oxygens (including phenoxy) is 1. The number of oxazole rings is 1. The summed E-state index contributed by atoms with van der Waals surface area (Å²) in [5.41, 5.74) is 0.927. The molecular formula is C13H22N2O2. The number of rotatable bonds is 8. The molecule has 0 radical (unpaired) electrons. The van der Waals surface area contributed by atoms with E-state index in [4.69, 9.17) is 9.15 Å². The van der Waals surface area contributed by atoms with Crippen molar-refractivity contribution in [2.45, 2.75) is 52.1 Å². The highest BCUT2D eigenvalue weighted by Crippen LogP contribution is 2.19. The maximum atomic E-state index is 5.45. The van der Waals surface area contributed by atoms with E-state index >= 15 is 0 Å². The molecule has 17 heavy (non-hydrogen) atoms. The summed E-state index contributed by atoms with van der Waals surface area (Å²) < 4.78 is 10.7. The van der Waals surface area contributed by atoms with Gasteiger partial charge in [0.1, 0.15) is 6.26 Å². The van der Waals surface area contributed by atoms with Gasteiger partial charge in [-0.25, -0.2) is 0 Å². The van der Waals surface area contributed by atoms with E-state index in [1.807, 2.05) is 0 Å². The summed E-state index contributed by atoms with van der Waals surface area (Å²) in [5, 5.41) is 3.39. The number of hydrogen-bond acceptors (Lipinski definition) is 4. The van der Waals surface area contributed by atoms with Crippen LogP contribution in [0.5, 0.6) is 6.08 Å². The van der Waals surface area contributed by atoms with Crippen molar-refractivity contribution in [3.8, 4) is 6.08 Å². The number of nitrogens with one attached hydrogen (secondary N) is 1. The molecule has 1 fully saturated rings. The molecule has 0 bridgehead atoms. The Kier molecular flexibility index (Phi) is 4.42. The molecule has 1 N–H and O–H groups in total. The Morgan fingerprint density at radius 2 is 2.35 bits per heavy atom. The molecule has 0 aromatic carbocycles. The average Bonchev–Trinajstić information content (AvgIpc) is 3.01. The van der Waals surface area contributed by atoms with Gasteiger partial charge in [-0.3, -0.25) is 0 Å².